The van der Waals surface area contributed by atoms with Crippen LogP contribution in [0.2, 0.25) is 0 Å². The lowest BCUT2D eigenvalue weighted by Crippen LogP contribution is -2.36. The van der Waals surface area contributed by atoms with E-state index in [9.17, 15) is 0 Å². The Balaban J connectivity index is 2.02. The smallest absolute Gasteiger partial charge is 0.00744 e. The standard InChI is InChI=1S/C13H25N/c14-11-7-12-6-2-5-10-13(12)8-3-1-4-9-13/h12H,1-11,14H2. The highest BCUT2D eigenvalue weighted by Crippen LogP contribution is 2.51. The summed E-state index contributed by atoms with van der Waals surface area (Å²) in [5.74, 6) is 0.974. The van der Waals surface area contributed by atoms with E-state index in [1.54, 1.807) is 0 Å². The first kappa shape index (κ1) is 10.5. The predicted molar refractivity (Wildman–Crippen MR) is 61.1 cm³/mol. The monoisotopic (exact) mass is 195 g/mol. The van der Waals surface area contributed by atoms with Gasteiger partial charge in [-0.05, 0) is 50.0 Å². The van der Waals surface area contributed by atoms with Gasteiger partial charge in [0.1, 0.15) is 0 Å². The molecule has 14 heavy (non-hydrogen) atoms. The molecule has 0 amide bonds. The largest absolute Gasteiger partial charge is 0.330 e. The summed E-state index contributed by atoms with van der Waals surface area (Å²) in [4.78, 5) is 0. The summed E-state index contributed by atoms with van der Waals surface area (Å²) in [6.07, 6.45) is 14.7. The fraction of sp³-hybridized carbons (Fsp3) is 1.00. The van der Waals surface area contributed by atoms with Crippen molar-refractivity contribution in [3.63, 3.8) is 0 Å². The van der Waals surface area contributed by atoms with Crippen molar-refractivity contribution in [3.8, 4) is 0 Å². The quantitative estimate of drug-likeness (QED) is 0.717. The summed E-state index contributed by atoms with van der Waals surface area (Å²) in [6, 6.07) is 0. The molecule has 2 aliphatic carbocycles. The van der Waals surface area contributed by atoms with Crippen molar-refractivity contribution in [1.82, 2.24) is 0 Å². The van der Waals surface area contributed by atoms with Gasteiger partial charge in [0.05, 0.1) is 0 Å². The number of hydrogen-bond acceptors (Lipinski definition) is 1. The average molecular weight is 195 g/mol. The Morgan fingerprint density at radius 3 is 2.21 bits per heavy atom. The highest BCUT2D eigenvalue weighted by atomic mass is 14.5. The molecule has 1 heteroatoms. The van der Waals surface area contributed by atoms with Crippen LogP contribution in [0, 0.1) is 11.3 Å². The zero-order valence-electron chi connectivity index (χ0n) is 9.43. The summed E-state index contributed by atoms with van der Waals surface area (Å²) in [5, 5.41) is 0. The Morgan fingerprint density at radius 1 is 0.929 bits per heavy atom. The van der Waals surface area contributed by atoms with Crippen LogP contribution in [0.1, 0.15) is 64.2 Å². The maximum atomic E-state index is 5.75. The molecule has 0 aliphatic heterocycles. The lowest BCUT2D eigenvalue weighted by molar-refractivity contribution is 0.0441. The summed E-state index contributed by atoms with van der Waals surface area (Å²) in [7, 11) is 0. The molecule has 2 aliphatic rings. The molecule has 0 aromatic heterocycles. The van der Waals surface area contributed by atoms with Gasteiger partial charge in [0, 0.05) is 0 Å². The van der Waals surface area contributed by atoms with Gasteiger partial charge in [0.2, 0.25) is 0 Å². The molecule has 2 saturated carbocycles. The molecule has 0 saturated heterocycles. The second kappa shape index (κ2) is 4.65. The van der Waals surface area contributed by atoms with Crippen LogP contribution in [-0.2, 0) is 0 Å². The maximum Gasteiger partial charge on any atom is -0.00744 e. The average Bonchev–Trinajstić information content (AvgIpc) is 2.23. The van der Waals surface area contributed by atoms with Gasteiger partial charge in [-0.2, -0.15) is 0 Å². The highest BCUT2D eigenvalue weighted by molar-refractivity contribution is 4.91. The molecule has 1 unspecified atom stereocenters. The molecule has 2 N–H and O–H groups in total. The van der Waals surface area contributed by atoms with E-state index in [1.807, 2.05) is 0 Å². The van der Waals surface area contributed by atoms with E-state index in [1.165, 1.54) is 64.2 Å². The molecule has 82 valence electrons. The Hall–Kier alpha value is -0.0400. The fourth-order valence-corrected chi connectivity index (χ4v) is 3.94. The first-order chi connectivity index (χ1) is 6.87. The lowest BCUT2D eigenvalue weighted by Gasteiger charge is -2.47. The van der Waals surface area contributed by atoms with Crippen molar-refractivity contribution in [1.29, 1.82) is 0 Å². The molecule has 0 aromatic carbocycles. The Labute approximate surface area is 88.4 Å². The fourth-order valence-electron chi connectivity index (χ4n) is 3.94. The van der Waals surface area contributed by atoms with Gasteiger partial charge < -0.3 is 5.73 Å². The molecular weight excluding hydrogens is 170 g/mol. The van der Waals surface area contributed by atoms with Crippen LogP contribution in [0.4, 0.5) is 0 Å². The van der Waals surface area contributed by atoms with Crippen LogP contribution in [0.25, 0.3) is 0 Å². The molecule has 1 atom stereocenters. The summed E-state index contributed by atoms with van der Waals surface area (Å²) in [5.41, 5.74) is 6.50. The zero-order chi connectivity index (χ0) is 9.86. The molecule has 0 aromatic rings. The number of nitrogens with two attached hydrogens (primary N) is 1. The zero-order valence-corrected chi connectivity index (χ0v) is 9.43. The second-order valence-corrected chi connectivity index (χ2v) is 5.44. The molecule has 2 fully saturated rings. The van der Waals surface area contributed by atoms with E-state index < -0.39 is 0 Å². The van der Waals surface area contributed by atoms with E-state index in [4.69, 9.17) is 5.73 Å². The van der Waals surface area contributed by atoms with E-state index in [2.05, 4.69) is 0 Å². The first-order valence-corrected chi connectivity index (χ1v) is 6.57. The molecular formula is C13H25N. The summed E-state index contributed by atoms with van der Waals surface area (Å²) >= 11 is 0. The van der Waals surface area contributed by atoms with E-state index in [-0.39, 0.29) is 0 Å². The second-order valence-electron chi connectivity index (χ2n) is 5.44. The van der Waals surface area contributed by atoms with E-state index >= 15 is 0 Å². The Bertz CT molecular complexity index is 160. The van der Waals surface area contributed by atoms with Crippen LogP contribution < -0.4 is 5.73 Å². The van der Waals surface area contributed by atoms with Gasteiger partial charge >= 0.3 is 0 Å². The minimum Gasteiger partial charge on any atom is -0.330 e. The molecule has 0 heterocycles. The van der Waals surface area contributed by atoms with Gasteiger partial charge in [0.15, 0.2) is 0 Å². The van der Waals surface area contributed by atoms with Crippen LogP contribution >= 0.6 is 0 Å². The maximum absolute atomic E-state index is 5.75. The van der Waals surface area contributed by atoms with Crippen LogP contribution in [-0.4, -0.2) is 6.54 Å². The lowest BCUT2D eigenvalue weighted by atomic mass is 9.58. The van der Waals surface area contributed by atoms with Crippen molar-refractivity contribution in [2.45, 2.75) is 64.2 Å². The van der Waals surface area contributed by atoms with E-state index in [0.29, 0.717) is 0 Å². The minimum absolute atomic E-state index is 0.746. The van der Waals surface area contributed by atoms with Crippen molar-refractivity contribution < 1.29 is 0 Å². The topological polar surface area (TPSA) is 26.0 Å². The molecule has 2 rings (SSSR count). The van der Waals surface area contributed by atoms with Gasteiger partial charge in [-0.15, -0.1) is 0 Å². The SMILES string of the molecule is NCCC1CCCCC12CCCCC2. The molecule has 0 radical (unpaired) electrons. The molecule has 0 bridgehead atoms. The van der Waals surface area contributed by atoms with Crippen LogP contribution in [0.15, 0.2) is 0 Å². The van der Waals surface area contributed by atoms with Gasteiger partial charge in [0.25, 0.3) is 0 Å². The third-order valence-corrected chi connectivity index (χ3v) is 4.71. The number of rotatable bonds is 2. The Morgan fingerprint density at radius 2 is 1.57 bits per heavy atom. The number of hydrogen-bond donors (Lipinski definition) is 1. The van der Waals surface area contributed by atoms with Gasteiger partial charge in [-0.25, -0.2) is 0 Å². The van der Waals surface area contributed by atoms with Crippen LogP contribution in [0.3, 0.4) is 0 Å². The van der Waals surface area contributed by atoms with Crippen molar-refractivity contribution in [2.75, 3.05) is 6.54 Å². The highest BCUT2D eigenvalue weighted by Gasteiger charge is 2.40. The van der Waals surface area contributed by atoms with Crippen molar-refractivity contribution in [2.24, 2.45) is 17.1 Å². The van der Waals surface area contributed by atoms with Gasteiger partial charge in [-0.3, -0.25) is 0 Å². The summed E-state index contributed by atoms with van der Waals surface area (Å²) in [6.45, 7) is 0.909. The Kier molecular flexibility index (Phi) is 3.48. The first-order valence-electron chi connectivity index (χ1n) is 6.57. The minimum atomic E-state index is 0.746. The van der Waals surface area contributed by atoms with Crippen molar-refractivity contribution >= 4 is 0 Å². The van der Waals surface area contributed by atoms with Gasteiger partial charge in [-0.1, -0.05) is 32.1 Å². The molecule has 1 nitrogen and oxygen atoms in total. The van der Waals surface area contributed by atoms with E-state index in [0.717, 1.165) is 17.9 Å². The van der Waals surface area contributed by atoms with Crippen LogP contribution in [0.5, 0.6) is 0 Å². The van der Waals surface area contributed by atoms with Crippen molar-refractivity contribution in [3.05, 3.63) is 0 Å². The summed E-state index contributed by atoms with van der Waals surface area (Å²) < 4.78 is 0. The normalized spacial score (nSPS) is 31.9. The molecule has 1 spiro atoms. The predicted octanol–water partition coefficient (Wildman–Crippen LogP) is 3.48. The third-order valence-electron chi connectivity index (χ3n) is 4.71. The third kappa shape index (κ3) is 1.98.